The van der Waals surface area contributed by atoms with Crippen LogP contribution < -0.4 is 0 Å². The molecule has 0 bridgehead atoms. The van der Waals surface area contributed by atoms with Crippen molar-refractivity contribution in [3.8, 4) is 0 Å². The fourth-order valence-electron chi connectivity index (χ4n) is 1.48. The van der Waals surface area contributed by atoms with E-state index in [2.05, 4.69) is 0 Å². The summed E-state index contributed by atoms with van der Waals surface area (Å²) in [5, 5.41) is 0. The molecule has 0 atom stereocenters. The maximum absolute atomic E-state index is 11.8. The maximum Gasteiger partial charge on any atom is 0.410 e. The molecule has 0 unspecified atom stereocenters. The molecule has 0 heterocycles. The molecule has 1 amide bonds. The van der Waals surface area contributed by atoms with Crippen molar-refractivity contribution in [2.45, 2.75) is 20.5 Å². The monoisotopic (exact) mass is 265 g/mol. The molecule has 5 nitrogen and oxygen atoms in total. The Labute approximate surface area is 113 Å². The van der Waals surface area contributed by atoms with Crippen molar-refractivity contribution in [1.82, 2.24) is 4.90 Å². The number of rotatable bonds is 6. The van der Waals surface area contributed by atoms with Crippen LogP contribution in [-0.4, -0.2) is 36.7 Å². The van der Waals surface area contributed by atoms with Crippen molar-refractivity contribution in [2.75, 3.05) is 19.7 Å². The molecule has 0 aliphatic rings. The molecule has 0 fully saturated rings. The molecule has 0 radical (unpaired) electrons. The predicted molar refractivity (Wildman–Crippen MR) is 70.5 cm³/mol. The van der Waals surface area contributed by atoms with E-state index in [1.807, 2.05) is 30.3 Å². The van der Waals surface area contributed by atoms with Gasteiger partial charge < -0.3 is 9.47 Å². The fourth-order valence-corrected chi connectivity index (χ4v) is 1.48. The van der Waals surface area contributed by atoms with Gasteiger partial charge in [0, 0.05) is 6.54 Å². The van der Waals surface area contributed by atoms with E-state index in [0.717, 1.165) is 5.56 Å². The Hall–Kier alpha value is -2.04. The molecule has 1 aromatic rings. The number of likely N-dealkylation sites (N-methyl/N-ethyl adjacent to an activating group) is 1. The van der Waals surface area contributed by atoms with Gasteiger partial charge in [-0.05, 0) is 19.4 Å². The SMILES string of the molecule is CCOC(=O)CN(CC)C(=O)OCc1ccccc1. The Morgan fingerprint density at radius 3 is 2.37 bits per heavy atom. The van der Waals surface area contributed by atoms with Crippen LogP contribution in [-0.2, 0) is 20.9 Å². The summed E-state index contributed by atoms with van der Waals surface area (Å²) < 4.78 is 9.94. The number of hydrogen-bond donors (Lipinski definition) is 0. The highest BCUT2D eigenvalue weighted by molar-refractivity contribution is 5.78. The normalized spacial score (nSPS) is 9.79. The molecule has 0 saturated heterocycles. The minimum atomic E-state index is -0.514. The molecule has 19 heavy (non-hydrogen) atoms. The molecule has 0 spiro atoms. The molecule has 0 aromatic heterocycles. The average molecular weight is 265 g/mol. The molecule has 0 aliphatic heterocycles. The topological polar surface area (TPSA) is 55.8 Å². The van der Waals surface area contributed by atoms with E-state index in [0.29, 0.717) is 13.2 Å². The van der Waals surface area contributed by atoms with Crippen LogP contribution >= 0.6 is 0 Å². The van der Waals surface area contributed by atoms with Crippen molar-refractivity contribution in [1.29, 1.82) is 0 Å². The van der Waals surface area contributed by atoms with Crippen LogP contribution in [0, 0.1) is 0 Å². The first-order valence-electron chi connectivity index (χ1n) is 6.28. The van der Waals surface area contributed by atoms with Crippen molar-refractivity contribution in [2.24, 2.45) is 0 Å². The molecule has 0 saturated carbocycles. The van der Waals surface area contributed by atoms with Gasteiger partial charge in [-0.15, -0.1) is 0 Å². The smallest absolute Gasteiger partial charge is 0.410 e. The molecular weight excluding hydrogens is 246 g/mol. The van der Waals surface area contributed by atoms with Crippen LogP contribution in [0.25, 0.3) is 0 Å². The van der Waals surface area contributed by atoms with Crippen LogP contribution in [0.15, 0.2) is 30.3 Å². The molecule has 0 N–H and O–H groups in total. The number of benzene rings is 1. The summed E-state index contributed by atoms with van der Waals surface area (Å²) in [4.78, 5) is 24.4. The Kier molecular flexibility index (Phi) is 6.43. The highest BCUT2D eigenvalue weighted by Crippen LogP contribution is 2.03. The van der Waals surface area contributed by atoms with Gasteiger partial charge in [-0.1, -0.05) is 30.3 Å². The van der Waals surface area contributed by atoms with Gasteiger partial charge in [0.05, 0.1) is 6.61 Å². The summed E-state index contributed by atoms with van der Waals surface area (Å²) in [5.74, 6) is -0.430. The largest absolute Gasteiger partial charge is 0.465 e. The van der Waals surface area contributed by atoms with E-state index in [1.165, 1.54) is 4.90 Å². The lowest BCUT2D eigenvalue weighted by Crippen LogP contribution is -2.36. The van der Waals surface area contributed by atoms with E-state index in [4.69, 9.17) is 9.47 Å². The number of esters is 1. The van der Waals surface area contributed by atoms with Crippen LogP contribution in [0.4, 0.5) is 4.79 Å². The van der Waals surface area contributed by atoms with Crippen molar-refractivity contribution >= 4 is 12.1 Å². The number of amides is 1. The minimum Gasteiger partial charge on any atom is -0.465 e. The summed E-state index contributed by atoms with van der Waals surface area (Å²) in [5.41, 5.74) is 0.906. The number of carbonyl (C=O) groups is 2. The number of hydrogen-bond acceptors (Lipinski definition) is 4. The Morgan fingerprint density at radius 1 is 1.11 bits per heavy atom. The first-order chi connectivity index (χ1) is 9.17. The predicted octanol–water partition coefficient (Wildman–Crippen LogP) is 2.21. The van der Waals surface area contributed by atoms with Gasteiger partial charge in [0.2, 0.25) is 0 Å². The summed E-state index contributed by atoms with van der Waals surface area (Å²) in [6.07, 6.45) is -0.514. The zero-order chi connectivity index (χ0) is 14.1. The standard InChI is InChI=1S/C14H19NO4/c1-3-15(10-13(16)18-4-2)14(17)19-11-12-8-6-5-7-9-12/h5-9H,3-4,10-11H2,1-2H3. The van der Waals surface area contributed by atoms with E-state index >= 15 is 0 Å². The van der Waals surface area contributed by atoms with Crippen molar-refractivity contribution < 1.29 is 19.1 Å². The van der Waals surface area contributed by atoms with Gasteiger partial charge in [0.1, 0.15) is 13.2 Å². The third kappa shape index (κ3) is 5.42. The second-order valence-electron chi connectivity index (χ2n) is 3.86. The first-order valence-corrected chi connectivity index (χ1v) is 6.28. The average Bonchev–Trinajstić information content (AvgIpc) is 2.43. The summed E-state index contributed by atoms with van der Waals surface area (Å²) >= 11 is 0. The minimum absolute atomic E-state index is 0.0854. The van der Waals surface area contributed by atoms with Crippen molar-refractivity contribution in [3.63, 3.8) is 0 Å². The number of carbonyl (C=O) groups excluding carboxylic acids is 2. The fraction of sp³-hybridized carbons (Fsp3) is 0.429. The van der Waals surface area contributed by atoms with E-state index in [1.54, 1.807) is 13.8 Å². The van der Waals surface area contributed by atoms with E-state index in [9.17, 15) is 9.59 Å². The van der Waals surface area contributed by atoms with Crippen LogP contribution in [0.1, 0.15) is 19.4 Å². The van der Waals surface area contributed by atoms with Gasteiger partial charge in [0.25, 0.3) is 0 Å². The second-order valence-corrected chi connectivity index (χ2v) is 3.86. The van der Waals surface area contributed by atoms with Gasteiger partial charge >= 0.3 is 12.1 Å². The molecular formula is C14H19NO4. The summed E-state index contributed by atoms with van der Waals surface area (Å²) in [6.45, 7) is 4.31. The quantitative estimate of drug-likeness (QED) is 0.740. The van der Waals surface area contributed by atoms with E-state index in [-0.39, 0.29) is 13.2 Å². The third-order valence-corrected chi connectivity index (χ3v) is 2.47. The molecule has 1 rings (SSSR count). The Bertz CT molecular complexity index is 405. The number of nitrogens with zero attached hydrogens (tertiary/aromatic N) is 1. The molecule has 0 aliphatic carbocycles. The number of ether oxygens (including phenoxy) is 2. The highest BCUT2D eigenvalue weighted by Gasteiger charge is 2.17. The Morgan fingerprint density at radius 2 is 1.79 bits per heavy atom. The third-order valence-electron chi connectivity index (χ3n) is 2.47. The second kappa shape index (κ2) is 8.13. The maximum atomic E-state index is 11.8. The Balaban J connectivity index is 2.43. The summed E-state index contributed by atoms with van der Waals surface area (Å²) in [7, 11) is 0. The van der Waals surface area contributed by atoms with Gasteiger partial charge in [-0.25, -0.2) is 4.79 Å². The molecule has 1 aromatic carbocycles. The van der Waals surface area contributed by atoms with Gasteiger partial charge in [-0.2, -0.15) is 0 Å². The molecule has 104 valence electrons. The van der Waals surface area contributed by atoms with E-state index < -0.39 is 12.1 Å². The first kappa shape index (κ1) is 15.0. The highest BCUT2D eigenvalue weighted by atomic mass is 16.6. The van der Waals surface area contributed by atoms with Crippen molar-refractivity contribution in [3.05, 3.63) is 35.9 Å². The van der Waals surface area contributed by atoms with Crippen LogP contribution in [0.2, 0.25) is 0 Å². The van der Waals surface area contributed by atoms with Crippen LogP contribution in [0.3, 0.4) is 0 Å². The zero-order valence-corrected chi connectivity index (χ0v) is 11.3. The lowest BCUT2D eigenvalue weighted by atomic mass is 10.2. The summed E-state index contributed by atoms with van der Waals surface area (Å²) in [6, 6.07) is 9.38. The van der Waals surface area contributed by atoms with Crippen LogP contribution in [0.5, 0.6) is 0 Å². The molecule has 5 heteroatoms. The lowest BCUT2D eigenvalue weighted by molar-refractivity contribution is -0.144. The lowest BCUT2D eigenvalue weighted by Gasteiger charge is -2.19. The zero-order valence-electron chi connectivity index (χ0n) is 11.3. The van der Waals surface area contributed by atoms with Gasteiger partial charge in [-0.3, -0.25) is 9.69 Å². The van der Waals surface area contributed by atoms with Gasteiger partial charge in [0.15, 0.2) is 0 Å².